The summed E-state index contributed by atoms with van der Waals surface area (Å²) in [5.74, 6) is 2.01. The topological polar surface area (TPSA) is 70.6 Å². The highest BCUT2D eigenvalue weighted by molar-refractivity contribution is 6.05. The fourth-order valence-electron chi connectivity index (χ4n) is 4.41. The Kier molecular flexibility index (Phi) is 4.49. The molecule has 1 saturated carbocycles. The van der Waals surface area contributed by atoms with E-state index in [1.807, 2.05) is 6.92 Å². The quantitative estimate of drug-likeness (QED) is 0.837. The number of hydrogen-bond acceptors (Lipinski definition) is 6. The van der Waals surface area contributed by atoms with Crippen LogP contribution in [0.4, 0.5) is 21.8 Å². The SMILES string of the molecule is CCN1C(=O)C2CCCN2c2nc(NC3CC(Oc4ccc(F)cc4)C3)ncc21. The van der Waals surface area contributed by atoms with Gasteiger partial charge in [-0.15, -0.1) is 0 Å². The molecule has 8 heteroatoms. The molecule has 0 spiro atoms. The average Bonchev–Trinajstić information content (AvgIpc) is 3.19. The smallest absolute Gasteiger partial charge is 0.249 e. The van der Waals surface area contributed by atoms with Gasteiger partial charge in [0.05, 0.1) is 6.20 Å². The van der Waals surface area contributed by atoms with Crippen LogP contribution in [0.2, 0.25) is 0 Å². The van der Waals surface area contributed by atoms with Crippen molar-refractivity contribution < 1.29 is 13.9 Å². The minimum absolute atomic E-state index is 0.0950. The van der Waals surface area contributed by atoms with Gasteiger partial charge in [-0.1, -0.05) is 0 Å². The molecule has 3 heterocycles. The third kappa shape index (κ3) is 3.26. The number of halogens is 1. The Labute approximate surface area is 168 Å². The highest BCUT2D eigenvalue weighted by Gasteiger charge is 2.41. The summed E-state index contributed by atoms with van der Waals surface area (Å²) in [6.07, 6.45) is 5.42. The van der Waals surface area contributed by atoms with Gasteiger partial charge >= 0.3 is 0 Å². The number of amides is 1. The number of carbonyl (C=O) groups excluding carboxylic acids is 1. The third-order valence-corrected chi connectivity index (χ3v) is 5.98. The van der Waals surface area contributed by atoms with Crippen LogP contribution >= 0.6 is 0 Å². The number of hydrogen-bond donors (Lipinski definition) is 1. The van der Waals surface area contributed by atoms with Crippen LogP contribution in [-0.4, -0.2) is 47.2 Å². The Morgan fingerprint density at radius 3 is 2.83 bits per heavy atom. The fraction of sp³-hybridized carbons (Fsp3) is 0.476. The summed E-state index contributed by atoms with van der Waals surface area (Å²) in [7, 11) is 0. The van der Waals surface area contributed by atoms with Gasteiger partial charge in [0.2, 0.25) is 11.9 Å². The van der Waals surface area contributed by atoms with Crippen LogP contribution in [0.1, 0.15) is 32.6 Å². The minimum Gasteiger partial charge on any atom is -0.490 e. The Balaban J connectivity index is 1.25. The fourth-order valence-corrected chi connectivity index (χ4v) is 4.41. The molecule has 1 aliphatic carbocycles. The number of nitrogens with one attached hydrogen (secondary N) is 1. The monoisotopic (exact) mass is 397 g/mol. The van der Waals surface area contributed by atoms with Gasteiger partial charge in [0.15, 0.2) is 5.82 Å². The van der Waals surface area contributed by atoms with E-state index in [0.717, 1.165) is 43.7 Å². The molecule has 2 aromatic rings. The average molecular weight is 397 g/mol. The van der Waals surface area contributed by atoms with Gasteiger partial charge in [-0.3, -0.25) is 4.79 Å². The molecule has 152 valence electrons. The maximum atomic E-state index is 13.0. The first-order chi connectivity index (χ1) is 14.1. The van der Waals surface area contributed by atoms with E-state index in [-0.39, 0.29) is 29.9 Å². The molecule has 0 radical (unpaired) electrons. The van der Waals surface area contributed by atoms with Gasteiger partial charge < -0.3 is 19.9 Å². The lowest BCUT2D eigenvalue weighted by molar-refractivity contribution is -0.119. The van der Waals surface area contributed by atoms with Crippen molar-refractivity contribution in [1.82, 2.24) is 9.97 Å². The molecular formula is C21H24FN5O2. The Morgan fingerprint density at radius 1 is 1.28 bits per heavy atom. The van der Waals surface area contributed by atoms with Crippen LogP contribution < -0.4 is 19.9 Å². The molecule has 0 bridgehead atoms. The van der Waals surface area contributed by atoms with Crippen molar-refractivity contribution >= 4 is 23.4 Å². The largest absolute Gasteiger partial charge is 0.490 e. The predicted molar refractivity (Wildman–Crippen MR) is 108 cm³/mol. The van der Waals surface area contributed by atoms with Crippen LogP contribution in [-0.2, 0) is 4.79 Å². The molecule has 1 N–H and O–H groups in total. The zero-order valence-corrected chi connectivity index (χ0v) is 16.3. The van der Waals surface area contributed by atoms with E-state index < -0.39 is 0 Å². The van der Waals surface area contributed by atoms with Crippen molar-refractivity contribution in [3.8, 4) is 5.75 Å². The molecule has 1 aromatic heterocycles. The second kappa shape index (κ2) is 7.17. The predicted octanol–water partition coefficient (Wildman–Crippen LogP) is 2.97. The lowest BCUT2D eigenvalue weighted by Crippen LogP contribution is -2.51. The van der Waals surface area contributed by atoms with Crippen LogP contribution in [0.15, 0.2) is 30.5 Å². The Bertz CT molecular complexity index is 916. The van der Waals surface area contributed by atoms with Gasteiger partial charge in [-0.05, 0) is 44.0 Å². The molecule has 2 fully saturated rings. The van der Waals surface area contributed by atoms with Crippen molar-refractivity contribution in [2.24, 2.45) is 0 Å². The van der Waals surface area contributed by atoms with Crippen LogP contribution in [0.3, 0.4) is 0 Å². The van der Waals surface area contributed by atoms with Crippen molar-refractivity contribution in [2.75, 3.05) is 28.2 Å². The number of rotatable bonds is 5. The summed E-state index contributed by atoms with van der Waals surface area (Å²) in [5, 5.41) is 3.38. The third-order valence-electron chi connectivity index (χ3n) is 5.98. The molecule has 1 atom stereocenters. The second-order valence-electron chi connectivity index (χ2n) is 7.84. The first-order valence-electron chi connectivity index (χ1n) is 10.3. The molecule has 3 aliphatic rings. The van der Waals surface area contributed by atoms with Gasteiger partial charge in [0.1, 0.15) is 29.4 Å². The zero-order valence-electron chi connectivity index (χ0n) is 16.3. The molecule has 1 unspecified atom stereocenters. The summed E-state index contributed by atoms with van der Waals surface area (Å²) >= 11 is 0. The second-order valence-corrected chi connectivity index (χ2v) is 7.84. The molecule has 1 saturated heterocycles. The molecule has 1 aromatic carbocycles. The van der Waals surface area contributed by atoms with Gasteiger partial charge in [0, 0.05) is 32.0 Å². The number of carbonyl (C=O) groups is 1. The minimum atomic E-state index is -0.265. The van der Waals surface area contributed by atoms with Crippen LogP contribution in [0, 0.1) is 5.82 Å². The first-order valence-corrected chi connectivity index (χ1v) is 10.3. The maximum Gasteiger partial charge on any atom is 0.249 e. The Hall–Kier alpha value is -2.90. The number of aromatic nitrogens is 2. The van der Waals surface area contributed by atoms with Crippen molar-refractivity contribution in [1.29, 1.82) is 0 Å². The highest BCUT2D eigenvalue weighted by atomic mass is 19.1. The standard InChI is InChI=1S/C21H24FN5O2/c1-2-26-18-12-23-21(25-19(18)27-9-3-4-17(27)20(26)28)24-14-10-16(11-14)29-15-7-5-13(22)6-8-15/h5-8,12,14,16-17H,2-4,9-11H2,1H3,(H,23,24,25). The summed E-state index contributed by atoms with van der Waals surface area (Å²) in [5.41, 5.74) is 0.798. The summed E-state index contributed by atoms with van der Waals surface area (Å²) in [4.78, 5) is 25.8. The summed E-state index contributed by atoms with van der Waals surface area (Å²) in [6.45, 7) is 3.46. The molecule has 29 heavy (non-hydrogen) atoms. The molecule has 7 nitrogen and oxygen atoms in total. The number of ether oxygens (including phenoxy) is 1. The van der Waals surface area contributed by atoms with Gasteiger partial charge in [0.25, 0.3) is 0 Å². The van der Waals surface area contributed by atoms with E-state index in [1.54, 1.807) is 23.2 Å². The lowest BCUT2D eigenvalue weighted by atomic mass is 9.89. The number of nitrogens with zero attached hydrogens (tertiary/aromatic N) is 4. The van der Waals surface area contributed by atoms with Crippen molar-refractivity contribution in [3.05, 3.63) is 36.3 Å². The van der Waals surface area contributed by atoms with Crippen LogP contribution in [0.25, 0.3) is 0 Å². The number of likely N-dealkylation sites (N-methyl/N-ethyl adjacent to an activating group) is 1. The van der Waals surface area contributed by atoms with E-state index in [9.17, 15) is 9.18 Å². The van der Waals surface area contributed by atoms with Crippen molar-refractivity contribution in [2.45, 2.75) is 50.8 Å². The first kappa shape index (κ1) is 18.1. The normalized spacial score (nSPS) is 25.3. The Morgan fingerprint density at radius 2 is 2.07 bits per heavy atom. The van der Waals surface area contributed by atoms with E-state index in [2.05, 4.69) is 15.2 Å². The van der Waals surface area contributed by atoms with E-state index >= 15 is 0 Å². The maximum absolute atomic E-state index is 13.0. The molecule has 2 aliphatic heterocycles. The van der Waals surface area contributed by atoms with Gasteiger partial charge in [-0.25, -0.2) is 9.37 Å². The van der Waals surface area contributed by atoms with E-state index in [1.165, 1.54) is 12.1 Å². The van der Waals surface area contributed by atoms with Crippen molar-refractivity contribution in [3.63, 3.8) is 0 Å². The summed E-state index contributed by atoms with van der Waals surface area (Å²) < 4.78 is 18.9. The lowest BCUT2D eigenvalue weighted by Gasteiger charge is -2.39. The van der Waals surface area contributed by atoms with E-state index in [0.29, 0.717) is 18.2 Å². The number of anilines is 3. The van der Waals surface area contributed by atoms with E-state index in [4.69, 9.17) is 9.72 Å². The van der Waals surface area contributed by atoms with Crippen LogP contribution in [0.5, 0.6) is 5.75 Å². The number of fused-ring (bicyclic) bond motifs is 3. The number of benzene rings is 1. The zero-order chi connectivity index (χ0) is 20.0. The molecule has 5 rings (SSSR count). The molecule has 1 amide bonds. The molecular weight excluding hydrogens is 373 g/mol. The van der Waals surface area contributed by atoms with Gasteiger partial charge in [-0.2, -0.15) is 4.98 Å². The summed E-state index contributed by atoms with van der Waals surface area (Å²) in [6, 6.07) is 6.25. The highest BCUT2D eigenvalue weighted by Crippen LogP contribution is 2.39.